The van der Waals surface area contributed by atoms with E-state index in [1.165, 1.54) is 24.3 Å². The number of benzene rings is 2. The van der Waals surface area contributed by atoms with Crippen molar-refractivity contribution in [2.24, 2.45) is 0 Å². The molecule has 0 bridgehead atoms. The Morgan fingerprint density at radius 3 is 1.72 bits per heavy atom. The van der Waals surface area contributed by atoms with E-state index in [2.05, 4.69) is 5.32 Å². The molecule has 136 valence electrons. The van der Waals surface area contributed by atoms with Crippen molar-refractivity contribution in [2.45, 2.75) is 5.78 Å². The molecule has 10 heteroatoms. The third kappa shape index (κ3) is 3.53. The quantitative estimate of drug-likeness (QED) is 0.332. The lowest BCUT2D eigenvalue weighted by Crippen LogP contribution is -2.17. The van der Waals surface area contributed by atoms with Gasteiger partial charge < -0.3 is 14.4 Å². The molecular weight excluding hydrogens is 368 g/mol. The van der Waals surface area contributed by atoms with Crippen molar-refractivity contribution >= 4 is 13.3 Å². The number of rotatable bonds is 6. The van der Waals surface area contributed by atoms with Gasteiger partial charge in [-0.15, -0.1) is 0 Å². The first-order chi connectivity index (χ1) is 11.8. The first kappa shape index (κ1) is 19.4. The Labute approximate surface area is 140 Å². The molecule has 0 aromatic heterocycles. The van der Waals surface area contributed by atoms with Crippen LogP contribution >= 0.6 is 7.60 Å². The molecule has 0 saturated carbocycles. The van der Waals surface area contributed by atoms with Gasteiger partial charge in [-0.1, -0.05) is 30.3 Å². The Balaban J connectivity index is 2.62. The molecular formula is C15H13F5NO3P. The average Bonchev–Trinajstić information content (AvgIpc) is 2.65. The topological polar surface area (TPSA) is 47.6 Å². The van der Waals surface area contributed by atoms with Crippen molar-refractivity contribution in [2.75, 3.05) is 19.5 Å². The van der Waals surface area contributed by atoms with Crippen LogP contribution in [0, 0.1) is 29.1 Å². The summed E-state index contributed by atoms with van der Waals surface area (Å²) >= 11 is 0. The molecule has 0 aliphatic carbocycles. The SMILES string of the molecule is COP(=O)(OC)C(Nc1c(F)c(F)c(F)c(F)c1F)c1ccccc1. The summed E-state index contributed by atoms with van der Waals surface area (Å²) in [5.41, 5.74) is -1.14. The minimum Gasteiger partial charge on any atom is -0.363 e. The van der Waals surface area contributed by atoms with Gasteiger partial charge in [0, 0.05) is 14.2 Å². The third-order valence-corrected chi connectivity index (χ3v) is 5.51. The molecule has 0 aliphatic heterocycles. The van der Waals surface area contributed by atoms with Crippen molar-refractivity contribution in [3.05, 3.63) is 65.0 Å². The van der Waals surface area contributed by atoms with Gasteiger partial charge in [0.25, 0.3) is 0 Å². The number of hydrogen-bond acceptors (Lipinski definition) is 4. The second kappa shape index (κ2) is 7.51. The predicted octanol–water partition coefficient (Wildman–Crippen LogP) is 4.98. The monoisotopic (exact) mass is 381 g/mol. The van der Waals surface area contributed by atoms with E-state index in [9.17, 15) is 26.5 Å². The summed E-state index contributed by atoms with van der Waals surface area (Å²) in [4.78, 5) is 0. The van der Waals surface area contributed by atoms with Crippen LogP contribution in [0.15, 0.2) is 30.3 Å². The smallest absolute Gasteiger partial charge is 0.356 e. The summed E-state index contributed by atoms with van der Waals surface area (Å²) in [5.74, 6) is -12.2. The van der Waals surface area contributed by atoms with E-state index in [-0.39, 0.29) is 5.56 Å². The van der Waals surface area contributed by atoms with E-state index in [1.54, 1.807) is 6.07 Å². The standard InChI is InChI=1S/C15H13F5NO3P/c1-23-25(22,24-2)15(8-6-4-3-5-7-8)21-14-12(19)10(17)9(16)11(18)13(14)20/h3-7,15,21H,1-2H3. The van der Waals surface area contributed by atoms with E-state index >= 15 is 0 Å². The lowest BCUT2D eigenvalue weighted by Gasteiger charge is -2.27. The highest BCUT2D eigenvalue weighted by Crippen LogP contribution is 2.60. The van der Waals surface area contributed by atoms with Crippen LogP contribution < -0.4 is 5.32 Å². The Morgan fingerprint density at radius 1 is 0.840 bits per heavy atom. The fourth-order valence-electron chi connectivity index (χ4n) is 2.13. The van der Waals surface area contributed by atoms with Crippen LogP contribution in [-0.4, -0.2) is 14.2 Å². The molecule has 0 aliphatic rings. The van der Waals surface area contributed by atoms with Crippen LogP contribution in [-0.2, 0) is 13.6 Å². The summed E-state index contributed by atoms with van der Waals surface area (Å²) in [6, 6.07) is 7.52. The first-order valence-electron chi connectivity index (χ1n) is 6.81. The minimum absolute atomic E-state index is 0.193. The molecule has 0 heterocycles. The Morgan fingerprint density at radius 2 is 1.28 bits per heavy atom. The van der Waals surface area contributed by atoms with Crippen LogP contribution in [0.25, 0.3) is 0 Å². The van der Waals surface area contributed by atoms with Gasteiger partial charge in [0.05, 0.1) is 0 Å². The van der Waals surface area contributed by atoms with Gasteiger partial charge in [0.1, 0.15) is 5.69 Å². The van der Waals surface area contributed by atoms with Gasteiger partial charge in [-0.05, 0) is 5.56 Å². The third-order valence-electron chi connectivity index (χ3n) is 3.43. The number of anilines is 1. The molecule has 0 fully saturated rings. The van der Waals surface area contributed by atoms with Crippen molar-refractivity contribution < 1.29 is 35.6 Å². The Bertz CT molecular complexity index is 782. The summed E-state index contributed by atoms with van der Waals surface area (Å²) in [6.45, 7) is 0. The molecule has 1 N–H and O–H groups in total. The van der Waals surface area contributed by atoms with Crippen LogP contribution in [0.5, 0.6) is 0 Å². The summed E-state index contributed by atoms with van der Waals surface area (Å²) in [5, 5.41) is 2.07. The van der Waals surface area contributed by atoms with Gasteiger partial charge in [0.15, 0.2) is 29.1 Å². The zero-order valence-electron chi connectivity index (χ0n) is 13.0. The van der Waals surface area contributed by atoms with Crippen LogP contribution in [0.1, 0.15) is 11.3 Å². The van der Waals surface area contributed by atoms with E-state index in [1.807, 2.05) is 0 Å². The van der Waals surface area contributed by atoms with Crippen molar-refractivity contribution in [3.63, 3.8) is 0 Å². The van der Waals surface area contributed by atoms with E-state index in [0.29, 0.717) is 0 Å². The zero-order chi connectivity index (χ0) is 18.8. The van der Waals surface area contributed by atoms with Gasteiger partial charge in [-0.2, -0.15) is 0 Å². The highest BCUT2D eigenvalue weighted by molar-refractivity contribution is 7.54. The average molecular weight is 381 g/mol. The molecule has 1 atom stereocenters. The van der Waals surface area contributed by atoms with Crippen molar-refractivity contribution in [1.82, 2.24) is 0 Å². The fourth-order valence-corrected chi connectivity index (χ4v) is 3.53. The van der Waals surface area contributed by atoms with E-state index in [0.717, 1.165) is 14.2 Å². The Kier molecular flexibility index (Phi) is 5.82. The van der Waals surface area contributed by atoms with Crippen molar-refractivity contribution in [1.29, 1.82) is 0 Å². The molecule has 0 radical (unpaired) electrons. The molecule has 2 aromatic rings. The van der Waals surface area contributed by atoms with Crippen LogP contribution in [0.4, 0.5) is 27.6 Å². The summed E-state index contributed by atoms with van der Waals surface area (Å²) < 4.78 is 90.1. The van der Waals surface area contributed by atoms with E-state index in [4.69, 9.17) is 9.05 Å². The Hall–Kier alpha value is -1.96. The molecule has 1 unspecified atom stereocenters. The van der Waals surface area contributed by atoms with Crippen LogP contribution in [0.2, 0.25) is 0 Å². The van der Waals surface area contributed by atoms with Gasteiger partial charge in [0.2, 0.25) is 5.82 Å². The van der Waals surface area contributed by atoms with Gasteiger partial charge in [-0.3, -0.25) is 4.57 Å². The minimum atomic E-state index is -4.04. The van der Waals surface area contributed by atoms with Gasteiger partial charge >= 0.3 is 7.60 Å². The predicted molar refractivity (Wildman–Crippen MR) is 80.7 cm³/mol. The molecule has 0 amide bonds. The number of nitrogens with one attached hydrogen (secondary N) is 1. The molecule has 0 saturated heterocycles. The molecule has 2 rings (SSSR count). The second-order valence-electron chi connectivity index (χ2n) is 4.81. The summed E-state index contributed by atoms with van der Waals surface area (Å²) in [7, 11) is -1.99. The second-order valence-corrected chi connectivity index (χ2v) is 7.13. The van der Waals surface area contributed by atoms with E-state index < -0.39 is 48.2 Å². The molecule has 2 aromatic carbocycles. The largest absolute Gasteiger partial charge is 0.363 e. The highest BCUT2D eigenvalue weighted by Gasteiger charge is 2.38. The molecule has 4 nitrogen and oxygen atoms in total. The lowest BCUT2D eigenvalue weighted by molar-refractivity contribution is 0.268. The zero-order valence-corrected chi connectivity index (χ0v) is 13.9. The number of halogens is 5. The summed E-state index contributed by atoms with van der Waals surface area (Å²) in [6.07, 6.45) is 0. The highest BCUT2D eigenvalue weighted by atomic mass is 31.2. The maximum atomic E-state index is 13.9. The maximum absolute atomic E-state index is 13.9. The maximum Gasteiger partial charge on any atom is 0.356 e. The lowest BCUT2D eigenvalue weighted by atomic mass is 10.2. The first-order valence-corrected chi connectivity index (χ1v) is 8.42. The fraction of sp³-hybridized carbons (Fsp3) is 0.200. The van der Waals surface area contributed by atoms with Crippen molar-refractivity contribution in [3.8, 4) is 0 Å². The van der Waals surface area contributed by atoms with Gasteiger partial charge in [-0.25, -0.2) is 22.0 Å². The molecule has 25 heavy (non-hydrogen) atoms. The molecule has 0 spiro atoms. The van der Waals surface area contributed by atoms with Crippen LogP contribution in [0.3, 0.4) is 0 Å². The normalized spacial score (nSPS) is 12.9. The number of hydrogen-bond donors (Lipinski definition) is 1.